The molecule has 1 heterocycles. The number of rotatable bonds is 2. The summed E-state index contributed by atoms with van der Waals surface area (Å²) in [5.74, 6) is -0.0867. The molecule has 0 atom stereocenters. The van der Waals surface area contributed by atoms with E-state index < -0.39 is 0 Å². The summed E-state index contributed by atoms with van der Waals surface area (Å²) in [5, 5.41) is 10.6. The zero-order valence-electron chi connectivity index (χ0n) is 5.80. The summed E-state index contributed by atoms with van der Waals surface area (Å²) >= 11 is 6.77. The van der Waals surface area contributed by atoms with Gasteiger partial charge in [-0.3, -0.25) is 4.79 Å². The minimum absolute atomic E-state index is 0.0867. The van der Waals surface area contributed by atoms with Gasteiger partial charge in [-0.05, 0) is 11.6 Å². The van der Waals surface area contributed by atoms with E-state index >= 15 is 0 Å². The summed E-state index contributed by atoms with van der Waals surface area (Å²) in [7, 11) is 0. The van der Waals surface area contributed by atoms with Crippen LogP contribution in [0.4, 0.5) is 0 Å². The molecule has 1 aromatic heterocycles. The third-order valence-corrected chi connectivity index (χ3v) is 1.95. The van der Waals surface area contributed by atoms with E-state index in [0.717, 1.165) is 0 Å². The second-order valence-electron chi connectivity index (χ2n) is 1.86. The molecule has 0 unspecified atom stereocenters. The standard InChI is InChI=1S/C5H6ClN3OS/c1-3(10)7-2-4-8-9-5(6)11-4/h2H2,1H3,(H,7,10). The van der Waals surface area contributed by atoms with Crippen LogP contribution in [-0.4, -0.2) is 16.1 Å². The van der Waals surface area contributed by atoms with Crippen LogP contribution in [0.3, 0.4) is 0 Å². The van der Waals surface area contributed by atoms with Crippen molar-refractivity contribution in [2.75, 3.05) is 0 Å². The summed E-state index contributed by atoms with van der Waals surface area (Å²) in [4.78, 5) is 10.4. The van der Waals surface area contributed by atoms with Crippen molar-refractivity contribution in [2.45, 2.75) is 13.5 Å². The molecule has 0 bridgehead atoms. The number of hydrogen-bond donors (Lipinski definition) is 1. The first-order chi connectivity index (χ1) is 5.18. The van der Waals surface area contributed by atoms with E-state index in [2.05, 4.69) is 15.5 Å². The van der Waals surface area contributed by atoms with Gasteiger partial charge in [-0.1, -0.05) is 11.3 Å². The number of carbonyl (C=O) groups excluding carboxylic acids is 1. The second-order valence-corrected chi connectivity index (χ2v) is 3.50. The molecule has 1 rings (SSSR count). The molecular formula is C5H6ClN3OS. The Morgan fingerprint density at radius 3 is 2.91 bits per heavy atom. The van der Waals surface area contributed by atoms with E-state index in [0.29, 0.717) is 16.0 Å². The monoisotopic (exact) mass is 191 g/mol. The molecule has 60 valence electrons. The predicted octanol–water partition coefficient (Wildman–Crippen LogP) is 0.828. The molecular weight excluding hydrogens is 186 g/mol. The highest BCUT2D eigenvalue weighted by Gasteiger charge is 2.00. The third kappa shape index (κ3) is 2.81. The summed E-state index contributed by atoms with van der Waals surface area (Å²) in [6, 6.07) is 0. The Kier molecular flexibility index (Phi) is 2.78. The topological polar surface area (TPSA) is 54.9 Å². The Bertz CT molecular complexity index is 262. The number of nitrogens with one attached hydrogen (secondary N) is 1. The zero-order valence-corrected chi connectivity index (χ0v) is 7.37. The molecule has 6 heteroatoms. The van der Waals surface area contributed by atoms with Crippen molar-refractivity contribution in [2.24, 2.45) is 0 Å². The molecule has 0 radical (unpaired) electrons. The highest BCUT2D eigenvalue weighted by molar-refractivity contribution is 7.15. The van der Waals surface area contributed by atoms with Gasteiger partial charge in [0.2, 0.25) is 10.4 Å². The Balaban J connectivity index is 2.45. The van der Waals surface area contributed by atoms with Gasteiger partial charge in [0.1, 0.15) is 5.01 Å². The van der Waals surface area contributed by atoms with Crippen LogP contribution in [0.25, 0.3) is 0 Å². The molecule has 1 amide bonds. The molecule has 0 saturated carbocycles. The van der Waals surface area contributed by atoms with Crippen molar-refractivity contribution in [3.05, 3.63) is 9.47 Å². The lowest BCUT2D eigenvalue weighted by Crippen LogP contribution is -2.18. The van der Waals surface area contributed by atoms with Crippen LogP contribution in [0.1, 0.15) is 11.9 Å². The fourth-order valence-electron chi connectivity index (χ4n) is 0.505. The highest BCUT2D eigenvalue weighted by atomic mass is 35.5. The van der Waals surface area contributed by atoms with Gasteiger partial charge in [-0.15, -0.1) is 10.2 Å². The van der Waals surface area contributed by atoms with Crippen LogP contribution in [0.5, 0.6) is 0 Å². The van der Waals surface area contributed by atoms with E-state index in [1.165, 1.54) is 18.3 Å². The normalized spacial score (nSPS) is 9.64. The quantitative estimate of drug-likeness (QED) is 0.754. The van der Waals surface area contributed by atoms with Crippen LogP contribution in [0.2, 0.25) is 4.47 Å². The number of nitrogens with zero attached hydrogens (tertiary/aromatic N) is 2. The lowest BCUT2D eigenvalue weighted by atomic mass is 10.6. The molecule has 11 heavy (non-hydrogen) atoms. The van der Waals surface area contributed by atoms with Crippen LogP contribution in [0.15, 0.2) is 0 Å². The fraction of sp³-hybridized carbons (Fsp3) is 0.400. The summed E-state index contributed by atoms with van der Waals surface area (Å²) < 4.78 is 0.394. The third-order valence-electron chi connectivity index (χ3n) is 0.931. The van der Waals surface area contributed by atoms with E-state index in [4.69, 9.17) is 11.6 Å². The average molecular weight is 192 g/mol. The van der Waals surface area contributed by atoms with Crippen LogP contribution in [-0.2, 0) is 11.3 Å². The van der Waals surface area contributed by atoms with Crippen LogP contribution >= 0.6 is 22.9 Å². The molecule has 0 spiro atoms. The molecule has 0 aliphatic carbocycles. The maximum atomic E-state index is 10.4. The molecule has 0 fully saturated rings. The fourth-order valence-corrected chi connectivity index (χ4v) is 1.31. The van der Waals surface area contributed by atoms with Gasteiger partial charge in [0.15, 0.2) is 0 Å². The molecule has 0 aliphatic heterocycles. The number of halogens is 1. The Hall–Kier alpha value is -0.680. The molecule has 0 saturated heterocycles. The summed E-state index contributed by atoms with van der Waals surface area (Å²) in [6.07, 6.45) is 0. The first-order valence-electron chi connectivity index (χ1n) is 2.91. The molecule has 0 aromatic carbocycles. The van der Waals surface area contributed by atoms with E-state index in [1.807, 2.05) is 0 Å². The first kappa shape index (κ1) is 8.42. The van der Waals surface area contributed by atoms with Crippen molar-refractivity contribution in [3.63, 3.8) is 0 Å². The van der Waals surface area contributed by atoms with Gasteiger partial charge < -0.3 is 5.32 Å². The number of hydrogen-bond acceptors (Lipinski definition) is 4. The lowest BCUT2D eigenvalue weighted by Gasteiger charge is -1.94. The van der Waals surface area contributed by atoms with Crippen molar-refractivity contribution < 1.29 is 4.79 Å². The molecule has 0 aliphatic rings. The Morgan fingerprint density at radius 1 is 1.73 bits per heavy atom. The molecule has 1 N–H and O–H groups in total. The molecule has 4 nitrogen and oxygen atoms in total. The maximum Gasteiger partial charge on any atom is 0.217 e. The zero-order chi connectivity index (χ0) is 8.27. The van der Waals surface area contributed by atoms with Gasteiger partial charge in [0.25, 0.3) is 0 Å². The Morgan fingerprint density at radius 2 is 2.45 bits per heavy atom. The number of aromatic nitrogens is 2. The predicted molar refractivity (Wildman–Crippen MR) is 42.4 cm³/mol. The van der Waals surface area contributed by atoms with Gasteiger partial charge in [0, 0.05) is 6.92 Å². The number of amides is 1. The molecule has 1 aromatic rings. The Labute approximate surface area is 72.6 Å². The highest BCUT2D eigenvalue weighted by Crippen LogP contribution is 2.13. The van der Waals surface area contributed by atoms with E-state index in [9.17, 15) is 4.79 Å². The van der Waals surface area contributed by atoms with Gasteiger partial charge in [-0.25, -0.2) is 0 Å². The summed E-state index contributed by atoms with van der Waals surface area (Å²) in [6.45, 7) is 1.85. The van der Waals surface area contributed by atoms with Gasteiger partial charge >= 0.3 is 0 Å². The van der Waals surface area contributed by atoms with Crippen molar-refractivity contribution in [1.82, 2.24) is 15.5 Å². The average Bonchev–Trinajstić information content (AvgIpc) is 2.31. The van der Waals surface area contributed by atoms with Gasteiger partial charge in [-0.2, -0.15) is 0 Å². The van der Waals surface area contributed by atoms with Crippen molar-refractivity contribution in [1.29, 1.82) is 0 Å². The van der Waals surface area contributed by atoms with Gasteiger partial charge in [0.05, 0.1) is 6.54 Å². The van der Waals surface area contributed by atoms with E-state index in [-0.39, 0.29) is 5.91 Å². The second kappa shape index (κ2) is 3.64. The van der Waals surface area contributed by atoms with Crippen molar-refractivity contribution >= 4 is 28.8 Å². The lowest BCUT2D eigenvalue weighted by molar-refractivity contribution is -0.119. The summed E-state index contributed by atoms with van der Waals surface area (Å²) in [5.41, 5.74) is 0. The minimum Gasteiger partial charge on any atom is -0.350 e. The SMILES string of the molecule is CC(=O)NCc1nnc(Cl)s1. The van der Waals surface area contributed by atoms with Crippen LogP contribution < -0.4 is 5.32 Å². The van der Waals surface area contributed by atoms with E-state index in [1.54, 1.807) is 0 Å². The maximum absolute atomic E-state index is 10.4. The largest absolute Gasteiger partial charge is 0.350 e. The minimum atomic E-state index is -0.0867. The number of carbonyl (C=O) groups is 1. The van der Waals surface area contributed by atoms with Crippen LogP contribution in [0, 0.1) is 0 Å². The van der Waals surface area contributed by atoms with Crippen molar-refractivity contribution in [3.8, 4) is 0 Å². The first-order valence-corrected chi connectivity index (χ1v) is 4.10. The smallest absolute Gasteiger partial charge is 0.217 e.